The molecule has 0 fully saturated rings. The highest BCUT2D eigenvalue weighted by Gasteiger charge is 2.30. The van der Waals surface area contributed by atoms with E-state index in [9.17, 15) is 18.4 Å². The van der Waals surface area contributed by atoms with Gasteiger partial charge in [0.2, 0.25) is 0 Å². The number of pyridine rings is 1. The lowest BCUT2D eigenvalue weighted by molar-refractivity contribution is 0.0633. The highest BCUT2D eigenvalue weighted by Crippen LogP contribution is 2.18. The zero-order chi connectivity index (χ0) is 17.4. The van der Waals surface area contributed by atoms with Gasteiger partial charge in [-0.2, -0.15) is 0 Å². The van der Waals surface area contributed by atoms with Crippen molar-refractivity contribution in [2.75, 3.05) is 11.7 Å². The number of carbonyl (C=O) groups is 1. The molecular formula is C17H17F2N3O2. The molecule has 1 amide bonds. The largest absolute Gasteiger partial charge is 0.316 e. The van der Waals surface area contributed by atoms with E-state index in [1.165, 1.54) is 24.4 Å². The molecule has 0 saturated carbocycles. The van der Waals surface area contributed by atoms with E-state index in [2.05, 4.69) is 0 Å². The molecule has 7 heteroatoms. The molecule has 0 spiro atoms. The van der Waals surface area contributed by atoms with E-state index in [-0.39, 0.29) is 36.3 Å². The maximum absolute atomic E-state index is 13.4. The van der Waals surface area contributed by atoms with Gasteiger partial charge < -0.3 is 4.90 Å². The quantitative estimate of drug-likeness (QED) is 0.864. The van der Waals surface area contributed by atoms with Crippen molar-refractivity contribution in [3.63, 3.8) is 0 Å². The van der Waals surface area contributed by atoms with Crippen molar-refractivity contribution in [3.8, 4) is 0 Å². The van der Waals surface area contributed by atoms with Crippen LogP contribution in [0.4, 0.5) is 8.78 Å². The van der Waals surface area contributed by atoms with Gasteiger partial charge in [0.25, 0.3) is 5.91 Å². The van der Waals surface area contributed by atoms with E-state index in [0.717, 1.165) is 12.1 Å². The lowest BCUT2D eigenvalue weighted by atomic mass is 10.2. The Hall–Kier alpha value is -2.70. The number of carbonyl (C=O) groups excluding carboxylic acids is 1. The third kappa shape index (κ3) is 2.89. The Morgan fingerprint density at radius 1 is 1.08 bits per heavy atom. The highest BCUT2D eigenvalue weighted by atomic mass is 19.2. The number of hydrogen-bond acceptors (Lipinski definition) is 3. The molecule has 24 heavy (non-hydrogen) atoms. The average molecular weight is 333 g/mol. The van der Waals surface area contributed by atoms with E-state index in [1.807, 2.05) is 13.8 Å². The summed E-state index contributed by atoms with van der Waals surface area (Å²) in [5.74, 6) is -2.05. The van der Waals surface area contributed by atoms with Crippen molar-refractivity contribution in [2.24, 2.45) is 0 Å². The number of halogens is 2. The molecule has 5 nitrogen and oxygen atoms in total. The van der Waals surface area contributed by atoms with Gasteiger partial charge >= 0.3 is 0 Å². The van der Waals surface area contributed by atoms with Crippen molar-refractivity contribution in [3.05, 3.63) is 69.6 Å². The molecule has 1 aromatic heterocycles. The van der Waals surface area contributed by atoms with Gasteiger partial charge in [-0.25, -0.2) is 8.78 Å². The monoisotopic (exact) mass is 333 g/mol. The standard InChI is InChI=1S/C17H17F2N3O2/c1-11(2)21-10-20(9-12-3-4-14(18)15(19)7-12)22-6-5-13(23)8-16(22)17(21)24/h3-8,11H,9-10H2,1-2H3. The van der Waals surface area contributed by atoms with Crippen LogP contribution in [0.3, 0.4) is 0 Å². The molecule has 0 radical (unpaired) electrons. The summed E-state index contributed by atoms with van der Waals surface area (Å²) in [4.78, 5) is 25.8. The Bertz CT molecular complexity index is 848. The van der Waals surface area contributed by atoms with Gasteiger partial charge in [-0.1, -0.05) is 6.07 Å². The minimum Gasteiger partial charge on any atom is -0.316 e. The van der Waals surface area contributed by atoms with Gasteiger partial charge in [-0.3, -0.25) is 19.3 Å². The molecule has 1 aliphatic heterocycles. The first-order valence-electron chi connectivity index (χ1n) is 7.59. The van der Waals surface area contributed by atoms with Crippen LogP contribution in [0.2, 0.25) is 0 Å². The summed E-state index contributed by atoms with van der Waals surface area (Å²) in [7, 11) is 0. The molecule has 2 aromatic rings. The van der Waals surface area contributed by atoms with Crippen LogP contribution in [-0.2, 0) is 6.54 Å². The third-order valence-electron chi connectivity index (χ3n) is 3.98. The van der Waals surface area contributed by atoms with Crippen LogP contribution < -0.4 is 10.4 Å². The predicted octanol–water partition coefficient (Wildman–Crippen LogP) is 2.09. The molecular weight excluding hydrogens is 316 g/mol. The minimum absolute atomic E-state index is 0.0611. The normalized spacial score (nSPS) is 14.3. The van der Waals surface area contributed by atoms with Crippen LogP contribution in [0, 0.1) is 11.6 Å². The minimum atomic E-state index is -0.915. The Morgan fingerprint density at radius 3 is 2.50 bits per heavy atom. The van der Waals surface area contributed by atoms with E-state index in [4.69, 9.17) is 0 Å². The fourth-order valence-electron chi connectivity index (χ4n) is 2.71. The summed E-state index contributed by atoms with van der Waals surface area (Å²) in [6.07, 6.45) is 1.52. The van der Waals surface area contributed by atoms with E-state index < -0.39 is 11.6 Å². The summed E-state index contributed by atoms with van der Waals surface area (Å²) in [6, 6.07) is 6.29. The number of fused-ring (bicyclic) bond motifs is 1. The lowest BCUT2D eigenvalue weighted by Crippen LogP contribution is -2.55. The number of aromatic nitrogens is 1. The maximum Gasteiger partial charge on any atom is 0.274 e. The SMILES string of the molecule is CC(C)N1CN(Cc2ccc(F)c(F)c2)n2ccc(=O)cc2C1=O. The second-order valence-corrected chi connectivity index (χ2v) is 6.02. The summed E-state index contributed by atoms with van der Waals surface area (Å²) in [5.41, 5.74) is 0.564. The molecule has 3 rings (SSSR count). The Morgan fingerprint density at radius 2 is 1.83 bits per heavy atom. The smallest absolute Gasteiger partial charge is 0.274 e. The Kier molecular flexibility index (Phi) is 4.09. The van der Waals surface area contributed by atoms with Gasteiger partial charge in [-0.15, -0.1) is 0 Å². The second-order valence-electron chi connectivity index (χ2n) is 6.02. The molecule has 0 saturated heterocycles. The maximum atomic E-state index is 13.4. The summed E-state index contributed by atoms with van der Waals surface area (Å²) in [6.45, 7) is 4.31. The fraction of sp³-hybridized carbons (Fsp3) is 0.294. The Labute approximate surface area is 137 Å². The molecule has 2 heterocycles. The van der Waals surface area contributed by atoms with Gasteiger partial charge in [0.05, 0.1) is 6.54 Å². The first kappa shape index (κ1) is 16.2. The Balaban J connectivity index is 2.00. The molecule has 1 aromatic carbocycles. The predicted molar refractivity (Wildman–Crippen MR) is 85.2 cm³/mol. The number of nitrogens with zero attached hydrogens (tertiary/aromatic N) is 3. The molecule has 126 valence electrons. The number of amides is 1. The lowest BCUT2D eigenvalue weighted by Gasteiger charge is -2.41. The van der Waals surface area contributed by atoms with E-state index in [1.54, 1.807) is 14.6 Å². The van der Waals surface area contributed by atoms with Crippen LogP contribution >= 0.6 is 0 Å². The fourth-order valence-corrected chi connectivity index (χ4v) is 2.71. The zero-order valence-corrected chi connectivity index (χ0v) is 13.4. The van der Waals surface area contributed by atoms with Crippen LogP contribution in [-0.4, -0.2) is 28.2 Å². The van der Waals surface area contributed by atoms with Gasteiger partial charge in [0.1, 0.15) is 12.4 Å². The van der Waals surface area contributed by atoms with Crippen molar-refractivity contribution in [2.45, 2.75) is 26.4 Å². The van der Waals surface area contributed by atoms with Crippen molar-refractivity contribution >= 4 is 5.91 Å². The van der Waals surface area contributed by atoms with Gasteiger partial charge in [0.15, 0.2) is 17.1 Å². The molecule has 0 atom stereocenters. The summed E-state index contributed by atoms with van der Waals surface area (Å²) in [5, 5.41) is 1.79. The summed E-state index contributed by atoms with van der Waals surface area (Å²) < 4.78 is 28.1. The van der Waals surface area contributed by atoms with Crippen molar-refractivity contribution < 1.29 is 13.6 Å². The molecule has 1 aliphatic rings. The van der Waals surface area contributed by atoms with Crippen molar-refractivity contribution in [1.29, 1.82) is 0 Å². The van der Waals surface area contributed by atoms with Gasteiger partial charge in [0, 0.05) is 24.4 Å². The number of benzene rings is 1. The molecule has 0 aliphatic carbocycles. The third-order valence-corrected chi connectivity index (χ3v) is 3.98. The summed E-state index contributed by atoms with van der Waals surface area (Å²) >= 11 is 0. The van der Waals surface area contributed by atoms with Crippen LogP contribution in [0.15, 0.2) is 41.3 Å². The first-order chi connectivity index (χ1) is 11.4. The number of rotatable bonds is 3. The number of hydrogen-bond donors (Lipinski definition) is 0. The van der Waals surface area contributed by atoms with Crippen LogP contribution in [0.25, 0.3) is 0 Å². The molecule has 0 bridgehead atoms. The molecule has 0 N–H and O–H groups in total. The topological polar surface area (TPSA) is 45.5 Å². The van der Waals surface area contributed by atoms with Crippen LogP contribution in [0.5, 0.6) is 0 Å². The molecule has 0 unspecified atom stereocenters. The van der Waals surface area contributed by atoms with Crippen molar-refractivity contribution in [1.82, 2.24) is 9.58 Å². The average Bonchev–Trinajstić information content (AvgIpc) is 2.53. The highest BCUT2D eigenvalue weighted by molar-refractivity contribution is 5.93. The van der Waals surface area contributed by atoms with E-state index >= 15 is 0 Å². The second kappa shape index (κ2) is 6.07. The van der Waals surface area contributed by atoms with Gasteiger partial charge in [-0.05, 0) is 31.5 Å². The zero-order valence-electron chi connectivity index (χ0n) is 13.4. The van der Waals surface area contributed by atoms with Crippen LogP contribution in [0.1, 0.15) is 29.9 Å². The first-order valence-corrected chi connectivity index (χ1v) is 7.59. The van der Waals surface area contributed by atoms with E-state index in [0.29, 0.717) is 5.56 Å².